The largest absolute Gasteiger partial charge is 0.379 e. The third kappa shape index (κ3) is 42.4. The summed E-state index contributed by atoms with van der Waals surface area (Å²) >= 11 is 2.29. The molecule has 0 N–H and O–H groups in total. The lowest BCUT2D eigenvalue weighted by molar-refractivity contribution is -0.0228. The van der Waals surface area contributed by atoms with E-state index in [1.54, 1.807) is 0 Å². The summed E-state index contributed by atoms with van der Waals surface area (Å²) in [5, 5.41) is 0. The van der Waals surface area contributed by atoms with Gasteiger partial charge in [0.2, 0.25) is 0 Å². The van der Waals surface area contributed by atoms with Gasteiger partial charge < -0.3 is 37.9 Å². The van der Waals surface area contributed by atoms with Crippen molar-refractivity contribution in [1.82, 2.24) is 0 Å². The molecule has 0 aromatic heterocycles. The maximum absolute atomic E-state index is 5.68. The molecule has 0 aliphatic carbocycles. The van der Waals surface area contributed by atoms with Crippen LogP contribution in [0.2, 0.25) is 0 Å². The molecule has 0 saturated carbocycles. The van der Waals surface area contributed by atoms with Crippen LogP contribution >= 0.6 is 22.6 Å². The molecule has 8 nitrogen and oxygen atoms in total. The lowest BCUT2D eigenvalue weighted by Crippen LogP contribution is -2.15. The van der Waals surface area contributed by atoms with Crippen molar-refractivity contribution in [2.75, 3.05) is 110 Å². The van der Waals surface area contributed by atoms with Crippen LogP contribution in [0, 0.1) is 0 Å². The molecule has 0 aromatic carbocycles. The molecule has 0 saturated heterocycles. The Morgan fingerprint density at radius 2 is 0.465 bits per heavy atom. The number of hydrogen-bond acceptors (Lipinski definition) is 8. The summed E-state index contributed by atoms with van der Waals surface area (Å²) in [4.78, 5) is 0. The van der Waals surface area contributed by atoms with E-state index in [1.807, 2.05) is 0 Å². The van der Waals surface area contributed by atoms with Crippen LogP contribution in [0.1, 0.15) is 110 Å². The molecule has 0 aromatic rings. The Morgan fingerprint density at radius 3 is 0.721 bits per heavy atom. The first-order valence-corrected chi connectivity index (χ1v) is 19.1. The number of alkyl halides is 1. The van der Waals surface area contributed by atoms with Crippen molar-refractivity contribution in [1.29, 1.82) is 0 Å². The normalized spacial score (nSPS) is 11.6. The van der Waals surface area contributed by atoms with E-state index in [0.717, 1.165) is 24.1 Å². The average molecular weight is 733 g/mol. The Kier molecular flexibility index (Phi) is 42.8. The van der Waals surface area contributed by atoms with Crippen LogP contribution in [0.3, 0.4) is 0 Å². The summed E-state index contributed by atoms with van der Waals surface area (Å²) in [7, 11) is 0. The molecule has 0 spiro atoms. The van der Waals surface area contributed by atoms with E-state index >= 15 is 0 Å². The van der Waals surface area contributed by atoms with Crippen molar-refractivity contribution in [3.8, 4) is 0 Å². The highest BCUT2D eigenvalue weighted by Gasteiger charge is 1.97. The van der Waals surface area contributed by atoms with E-state index in [9.17, 15) is 0 Å². The number of hydrogen-bond donors (Lipinski definition) is 0. The molecule has 0 bridgehead atoms. The summed E-state index contributed by atoms with van der Waals surface area (Å²) in [6.45, 7) is 12.1. The van der Waals surface area contributed by atoms with Crippen LogP contribution in [0.4, 0.5) is 0 Å². The van der Waals surface area contributed by atoms with Gasteiger partial charge in [-0.15, -0.1) is 0 Å². The van der Waals surface area contributed by atoms with Crippen LogP contribution in [0.25, 0.3) is 0 Å². The fourth-order valence-electron chi connectivity index (χ4n) is 4.45. The molecule has 0 fully saturated rings. The molecule has 0 rings (SSSR count). The fraction of sp³-hybridized carbons (Fsp3) is 1.00. The van der Waals surface area contributed by atoms with Gasteiger partial charge in [-0.2, -0.15) is 0 Å². The molecular formula is C34H69IO8. The zero-order chi connectivity index (χ0) is 31.0. The number of unbranched alkanes of at least 4 members (excludes halogenated alkanes) is 15. The first-order valence-electron chi connectivity index (χ1n) is 17.6. The summed E-state index contributed by atoms with van der Waals surface area (Å²) in [6, 6.07) is 0. The van der Waals surface area contributed by atoms with E-state index in [0.29, 0.717) is 92.5 Å². The molecule has 0 aliphatic rings. The molecule has 260 valence electrons. The molecule has 0 aliphatic heterocycles. The van der Waals surface area contributed by atoms with Crippen molar-refractivity contribution in [2.45, 2.75) is 110 Å². The second-order valence-corrected chi connectivity index (χ2v) is 12.0. The van der Waals surface area contributed by atoms with Crippen molar-refractivity contribution in [3.63, 3.8) is 0 Å². The Balaban J connectivity index is 3.02. The summed E-state index contributed by atoms with van der Waals surface area (Å²) in [5.74, 6) is 0. The highest BCUT2D eigenvalue weighted by Crippen LogP contribution is 2.13. The third-order valence-electron chi connectivity index (χ3n) is 6.97. The predicted octanol–water partition coefficient (Wildman–Crippen LogP) is 7.82. The van der Waals surface area contributed by atoms with Gasteiger partial charge in [0.05, 0.1) is 99.1 Å². The molecule has 0 amide bonds. The van der Waals surface area contributed by atoms with Crippen molar-refractivity contribution < 1.29 is 37.9 Å². The van der Waals surface area contributed by atoms with E-state index < -0.39 is 0 Å². The topological polar surface area (TPSA) is 73.8 Å². The summed E-state index contributed by atoms with van der Waals surface area (Å²) in [5.41, 5.74) is 0. The van der Waals surface area contributed by atoms with Gasteiger partial charge in [-0.25, -0.2) is 0 Å². The van der Waals surface area contributed by atoms with E-state index in [4.69, 9.17) is 37.9 Å². The smallest absolute Gasteiger partial charge is 0.0701 e. The van der Waals surface area contributed by atoms with Crippen LogP contribution in [0.15, 0.2) is 0 Å². The highest BCUT2D eigenvalue weighted by atomic mass is 127. The minimum Gasteiger partial charge on any atom is -0.379 e. The highest BCUT2D eigenvalue weighted by molar-refractivity contribution is 14.1. The Labute approximate surface area is 279 Å². The van der Waals surface area contributed by atoms with E-state index in [2.05, 4.69) is 29.5 Å². The van der Waals surface area contributed by atoms with Gasteiger partial charge >= 0.3 is 0 Å². The van der Waals surface area contributed by atoms with E-state index in [1.165, 1.54) is 96.3 Å². The van der Waals surface area contributed by atoms with Gasteiger partial charge in [0.15, 0.2) is 0 Å². The predicted molar refractivity (Wildman–Crippen MR) is 185 cm³/mol. The van der Waals surface area contributed by atoms with Gasteiger partial charge in [0.1, 0.15) is 0 Å². The molecule has 43 heavy (non-hydrogen) atoms. The van der Waals surface area contributed by atoms with Crippen LogP contribution in [-0.4, -0.2) is 110 Å². The standard InChI is InChI=1S/C34H69IO8/c1-2-3-4-5-6-7-8-9-10-11-12-13-14-15-16-17-19-36-21-23-38-25-27-40-29-31-42-33-34-43-32-30-41-28-26-39-24-22-37-20-18-35/h2-34H2,1H3. The number of halogens is 1. The lowest BCUT2D eigenvalue weighted by atomic mass is 10.0. The number of ether oxygens (including phenoxy) is 8. The number of rotatable bonds is 40. The fourth-order valence-corrected chi connectivity index (χ4v) is 4.76. The van der Waals surface area contributed by atoms with Gasteiger partial charge in [-0.3, -0.25) is 0 Å². The quantitative estimate of drug-likeness (QED) is 0.0359. The van der Waals surface area contributed by atoms with Crippen LogP contribution in [0.5, 0.6) is 0 Å². The molecule has 0 atom stereocenters. The monoisotopic (exact) mass is 732 g/mol. The zero-order valence-electron chi connectivity index (χ0n) is 28.0. The Morgan fingerprint density at radius 1 is 0.256 bits per heavy atom. The van der Waals surface area contributed by atoms with Crippen LogP contribution < -0.4 is 0 Å². The maximum Gasteiger partial charge on any atom is 0.0701 e. The van der Waals surface area contributed by atoms with Crippen molar-refractivity contribution >= 4 is 22.6 Å². The molecule has 0 heterocycles. The average Bonchev–Trinajstić information content (AvgIpc) is 3.02. The summed E-state index contributed by atoms with van der Waals surface area (Å²) < 4.78 is 45.0. The molecule has 0 unspecified atom stereocenters. The van der Waals surface area contributed by atoms with E-state index in [-0.39, 0.29) is 0 Å². The Hall–Kier alpha value is 0.410. The Bertz CT molecular complexity index is 436. The zero-order valence-corrected chi connectivity index (χ0v) is 30.1. The first kappa shape index (κ1) is 43.4. The summed E-state index contributed by atoms with van der Waals surface area (Å²) in [6.07, 6.45) is 22.3. The van der Waals surface area contributed by atoms with Crippen molar-refractivity contribution in [2.24, 2.45) is 0 Å². The maximum atomic E-state index is 5.68. The van der Waals surface area contributed by atoms with Gasteiger partial charge in [-0.1, -0.05) is 126 Å². The molecule has 9 heteroatoms. The minimum absolute atomic E-state index is 0.552. The van der Waals surface area contributed by atoms with Gasteiger partial charge in [-0.05, 0) is 6.42 Å². The molecule has 0 radical (unpaired) electrons. The third-order valence-corrected chi connectivity index (χ3v) is 7.41. The van der Waals surface area contributed by atoms with Crippen LogP contribution in [-0.2, 0) is 37.9 Å². The first-order chi connectivity index (χ1) is 21.4. The molecular weight excluding hydrogens is 663 g/mol. The second-order valence-electron chi connectivity index (χ2n) is 10.9. The van der Waals surface area contributed by atoms with Crippen molar-refractivity contribution in [3.05, 3.63) is 0 Å². The second kappa shape index (κ2) is 42.4. The minimum atomic E-state index is 0.552. The van der Waals surface area contributed by atoms with Gasteiger partial charge in [0.25, 0.3) is 0 Å². The van der Waals surface area contributed by atoms with Gasteiger partial charge in [0, 0.05) is 11.0 Å². The lowest BCUT2D eigenvalue weighted by Gasteiger charge is -2.08. The SMILES string of the molecule is CCCCCCCCCCCCCCCCCCOCCOCCOCCOCCOCCOCCOCCOCCI.